The molecule has 174 valence electrons. The second-order valence-electron chi connectivity index (χ2n) is 8.50. The van der Waals surface area contributed by atoms with Crippen molar-refractivity contribution < 1.29 is 14.3 Å². The van der Waals surface area contributed by atoms with Gasteiger partial charge in [-0.15, -0.1) is 10.2 Å². The number of hydrogen-bond acceptors (Lipinski definition) is 6. The second-order valence-corrected chi connectivity index (χ2v) is 9.44. The summed E-state index contributed by atoms with van der Waals surface area (Å²) in [5.74, 6) is 2.98. The van der Waals surface area contributed by atoms with Crippen LogP contribution in [0.1, 0.15) is 38.3 Å². The van der Waals surface area contributed by atoms with Crippen molar-refractivity contribution in [3.05, 3.63) is 59.9 Å². The van der Waals surface area contributed by atoms with Gasteiger partial charge in [0.15, 0.2) is 17.1 Å². The van der Waals surface area contributed by atoms with E-state index in [2.05, 4.69) is 34.7 Å². The van der Waals surface area contributed by atoms with E-state index in [-0.39, 0.29) is 12.0 Å². The molecule has 0 fully saturated rings. The van der Waals surface area contributed by atoms with Crippen LogP contribution in [0.15, 0.2) is 53.7 Å². The standard InChI is InChI=1S/C25H30N4O3S/c1-17(2)15-29-24(18(3)32-21-10-7-9-20(14-21)31-4)26-27-25(29)33-16-23(30)28-13-12-19-8-5-6-11-22(19)28/h5-11,14,17-18H,12-13,15-16H2,1-4H3. The zero-order valence-corrected chi connectivity index (χ0v) is 20.3. The monoisotopic (exact) mass is 466 g/mol. The van der Waals surface area contributed by atoms with Crippen LogP contribution in [0.2, 0.25) is 0 Å². The summed E-state index contributed by atoms with van der Waals surface area (Å²) in [6.07, 6.45) is 0.596. The quantitative estimate of drug-likeness (QED) is 0.424. The fraction of sp³-hybridized carbons (Fsp3) is 0.400. The molecule has 1 unspecified atom stereocenters. The van der Waals surface area contributed by atoms with Gasteiger partial charge in [0, 0.05) is 24.8 Å². The molecule has 1 amide bonds. The molecular formula is C25H30N4O3S. The van der Waals surface area contributed by atoms with Crippen LogP contribution < -0.4 is 14.4 Å². The Morgan fingerprint density at radius 3 is 2.67 bits per heavy atom. The number of nitrogens with zero attached hydrogens (tertiary/aromatic N) is 4. The minimum absolute atomic E-state index is 0.0891. The number of rotatable bonds is 9. The van der Waals surface area contributed by atoms with Gasteiger partial charge in [0.1, 0.15) is 11.5 Å². The largest absolute Gasteiger partial charge is 0.497 e. The van der Waals surface area contributed by atoms with Crippen LogP contribution >= 0.6 is 11.8 Å². The zero-order chi connectivity index (χ0) is 23.4. The highest BCUT2D eigenvalue weighted by Gasteiger charge is 2.26. The van der Waals surface area contributed by atoms with Gasteiger partial charge in [-0.1, -0.05) is 49.9 Å². The summed E-state index contributed by atoms with van der Waals surface area (Å²) in [5, 5.41) is 9.58. The number of carbonyl (C=O) groups excluding carboxylic acids is 1. The van der Waals surface area contributed by atoms with Gasteiger partial charge in [0.25, 0.3) is 0 Å². The molecule has 33 heavy (non-hydrogen) atoms. The Kier molecular flexibility index (Phi) is 7.23. The SMILES string of the molecule is COc1cccc(OC(C)c2nnc(SCC(=O)N3CCc4ccccc43)n2CC(C)C)c1. The maximum atomic E-state index is 13.0. The molecule has 1 aromatic heterocycles. The van der Waals surface area contributed by atoms with E-state index in [9.17, 15) is 4.79 Å². The van der Waals surface area contributed by atoms with Crippen LogP contribution in [0, 0.1) is 5.92 Å². The molecule has 1 atom stereocenters. The Bertz CT molecular complexity index is 1110. The highest BCUT2D eigenvalue weighted by atomic mass is 32.2. The summed E-state index contributed by atoms with van der Waals surface area (Å²) in [5.41, 5.74) is 2.25. The van der Waals surface area contributed by atoms with E-state index in [4.69, 9.17) is 9.47 Å². The van der Waals surface area contributed by atoms with E-state index in [1.807, 2.05) is 54.3 Å². The Labute approximate surface area is 199 Å². The lowest BCUT2D eigenvalue weighted by Crippen LogP contribution is -2.30. The predicted molar refractivity (Wildman–Crippen MR) is 130 cm³/mol. The van der Waals surface area contributed by atoms with Crippen LogP contribution in [0.4, 0.5) is 5.69 Å². The number of fused-ring (bicyclic) bond motifs is 1. The molecule has 0 N–H and O–H groups in total. The van der Waals surface area contributed by atoms with Gasteiger partial charge in [-0.3, -0.25) is 4.79 Å². The lowest BCUT2D eigenvalue weighted by molar-refractivity contribution is -0.116. The summed E-state index contributed by atoms with van der Waals surface area (Å²) in [6, 6.07) is 15.6. The number of anilines is 1. The van der Waals surface area contributed by atoms with Crippen molar-refractivity contribution in [2.75, 3.05) is 24.3 Å². The van der Waals surface area contributed by atoms with Gasteiger partial charge >= 0.3 is 0 Å². The molecule has 0 aliphatic carbocycles. The molecule has 0 saturated heterocycles. The van der Waals surface area contributed by atoms with E-state index in [0.717, 1.165) is 41.9 Å². The third kappa shape index (κ3) is 5.33. The van der Waals surface area contributed by atoms with Crippen molar-refractivity contribution in [1.82, 2.24) is 14.8 Å². The molecule has 7 nitrogen and oxygen atoms in total. The van der Waals surface area contributed by atoms with Crippen molar-refractivity contribution in [2.45, 2.75) is 45.0 Å². The number of aromatic nitrogens is 3. The number of thioether (sulfide) groups is 1. The maximum Gasteiger partial charge on any atom is 0.237 e. The topological polar surface area (TPSA) is 69.5 Å². The summed E-state index contributed by atoms with van der Waals surface area (Å²) < 4.78 is 13.5. The molecule has 1 aliphatic heterocycles. The highest BCUT2D eigenvalue weighted by molar-refractivity contribution is 7.99. The number of carbonyl (C=O) groups is 1. The molecule has 8 heteroatoms. The fourth-order valence-electron chi connectivity index (χ4n) is 3.98. The smallest absolute Gasteiger partial charge is 0.237 e. The van der Waals surface area contributed by atoms with Crippen LogP contribution in [-0.4, -0.2) is 40.1 Å². The second kappa shape index (κ2) is 10.3. The molecule has 0 radical (unpaired) electrons. The predicted octanol–water partition coefficient (Wildman–Crippen LogP) is 4.76. The van der Waals surface area contributed by atoms with Crippen molar-refractivity contribution >= 4 is 23.4 Å². The summed E-state index contributed by atoms with van der Waals surface area (Å²) >= 11 is 1.43. The maximum absolute atomic E-state index is 13.0. The normalized spacial score (nSPS) is 13.8. The Balaban J connectivity index is 1.47. The van der Waals surface area contributed by atoms with E-state index < -0.39 is 0 Å². The van der Waals surface area contributed by atoms with Gasteiger partial charge in [0.2, 0.25) is 5.91 Å². The van der Waals surface area contributed by atoms with E-state index in [1.54, 1.807) is 7.11 Å². The third-order valence-corrected chi connectivity index (χ3v) is 6.48. The average Bonchev–Trinajstić information content (AvgIpc) is 3.41. The molecule has 1 aliphatic rings. The lowest BCUT2D eigenvalue weighted by Gasteiger charge is -2.19. The number of amides is 1. The number of hydrogen-bond donors (Lipinski definition) is 0. The Morgan fingerprint density at radius 1 is 1.09 bits per heavy atom. The Morgan fingerprint density at radius 2 is 1.88 bits per heavy atom. The van der Waals surface area contributed by atoms with E-state index >= 15 is 0 Å². The van der Waals surface area contributed by atoms with Crippen LogP contribution in [0.25, 0.3) is 0 Å². The molecule has 3 aromatic rings. The molecular weight excluding hydrogens is 436 g/mol. The highest BCUT2D eigenvalue weighted by Crippen LogP contribution is 2.30. The number of para-hydroxylation sites is 1. The minimum atomic E-state index is -0.307. The van der Waals surface area contributed by atoms with Crippen LogP contribution in [-0.2, 0) is 17.8 Å². The number of methoxy groups -OCH3 is 1. The summed E-state index contributed by atoms with van der Waals surface area (Å²) in [7, 11) is 1.63. The van der Waals surface area contributed by atoms with E-state index in [0.29, 0.717) is 17.4 Å². The molecule has 2 heterocycles. The zero-order valence-electron chi connectivity index (χ0n) is 19.5. The fourth-order valence-corrected chi connectivity index (χ4v) is 4.81. The van der Waals surface area contributed by atoms with Gasteiger partial charge < -0.3 is 18.9 Å². The van der Waals surface area contributed by atoms with Gasteiger partial charge in [-0.2, -0.15) is 0 Å². The van der Waals surface area contributed by atoms with Gasteiger partial charge in [-0.05, 0) is 43.0 Å². The first-order valence-corrected chi connectivity index (χ1v) is 12.2. The molecule has 0 spiro atoms. The molecule has 0 saturated carbocycles. The molecule has 4 rings (SSSR count). The van der Waals surface area contributed by atoms with Crippen LogP contribution in [0.3, 0.4) is 0 Å². The van der Waals surface area contributed by atoms with Crippen molar-refractivity contribution in [2.24, 2.45) is 5.92 Å². The van der Waals surface area contributed by atoms with Gasteiger partial charge in [0.05, 0.1) is 12.9 Å². The van der Waals surface area contributed by atoms with Crippen molar-refractivity contribution in [3.63, 3.8) is 0 Å². The number of ether oxygens (including phenoxy) is 2. The minimum Gasteiger partial charge on any atom is -0.497 e. The van der Waals surface area contributed by atoms with Crippen LogP contribution in [0.5, 0.6) is 11.5 Å². The third-order valence-electron chi connectivity index (χ3n) is 5.52. The number of benzene rings is 2. The molecule has 2 aromatic carbocycles. The first-order valence-electron chi connectivity index (χ1n) is 11.2. The average molecular weight is 467 g/mol. The first-order chi connectivity index (χ1) is 16.0. The Hall–Kier alpha value is -3.00. The van der Waals surface area contributed by atoms with Gasteiger partial charge in [-0.25, -0.2) is 0 Å². The lowest BCUT2D eigenvalue weighted by atomic mass is 10.2. The first kappa shape index (κ1) is 23.2. The van der Waals surface area contributed by atoms with E-state index in [1.165, 1.54) is 17.3 Å². The van der Waals surface area contributed by atoms with Crippen molar-refractivity contribution in [1.29, 1.82) is 0 Å². The summed E-state index contributed by atoms with van der Waals surface area (Å²) in [4.78, 5) is 14.8. The summed E-state index contributed by atoms with van der Waals surface area (Å²) in [6.45, 7) is 7.74. The van der Waals surface area contributed by atoms with Crippen molar-refractivity contribution in [3.8, 4) is 11.5 Å². The molecule has 0 bridgehead atoms.